The molecular formula is C23H18N2O5S2. The number of fused-ring (bicyclic) bond motifs is 1. The quantitative estimate of drug-likeness (QED) is 0.458. The van der Waals surface area contributed by atoms with Crippen molar-refractivity contribution in [2.75, 3.05) is 0 Å². The number of benzene rings is 3. The molecule has 0 radical (unpaired) electrons. The van der Waals surface area contributed by atoms with Gasteiger partial charge in [0.1, 0.15) is 4.91 Å². The number of nitrogens with zero attached hydrogens (tertiary/aromatic N) is 1. The van der Waals surface area contributed by atoms with Crippen molar-refractivity contribution < 1.29 is 21.6 Å². The third-order valence-corrected chi connectivity index (χ3v) is 7.99. The van der Waals surface area contributed by atoms with E-state index in [0.717, 1.165) is 11.8 Å². The van der Waals surface area contributed by atoms with Crippen LogP contribution in [0.1, 0.15) is 21.5 Å². The number of hydrogen-bond donors (Lipinski definition) is 1. The number of allylic oxidation sites excluding steroid dienone is 2. The van der Waals surface area contributed by atoms with Crippen LogP contribution in [0.3, 0.4) is 0 Å². The third kappa shape index (κ3) is 3.88. The van der Waals surface area contributed by atoms with Crippen LogP contribution in [0.5, 0.6) is 0 Å². The Labute approximate surface area is 186 Å². The van der Waals surface area contributed by atoms with E-state index in [4.69, 9.17) is 0 Å². The molecule has 0 aliphatic carbocycles. The first-order valence-corrected chi connectivity index (χ1v) is 12.5. The van der Waals surface area contributed by atoms with Crippen LogP contribution >= 0.6 is 0 Å². The summed E-state index contributed by atoms with van der Waals surface area (Å²) >= 11 is 0. The molecule has 3 aromatic carbocycles. The van der Waals surface area contributed by atoms with Crippen molar-refractivity contribution in [3.05, 3.63) is 100 Å². The van der Waals surface area contributed by atoms with E-state index in [-0.39, 0.29) is 25.8 Å². The van der Waals surface area contributed by atoms with Gasteiger partial charge in [0.15, 0.2) is 5.78 Å². The number of aryl methyl sites for hydroxylation is 1. The number of hydrazone groups is 1. The highest BCUT2D eigenvalue weighted by molar-refractivity contribution is 7.96. The molecule has 0 fully saturated rings. The number of ketones is 1. The molecule has 3 aromatic rings. The Kier molecular flexibility index (Phi) is 5.53. The van der Waals surface area contributed by atoms with E-state index >= 15 is 0 Å². The Balaban J connectivity index is 1.81. The number of carbonyl (C=O) groups excluding carboxylic acids is 1. The van der Waals surface area contributed by atoms with Gasteiger partial charge in [0.25, 0.3) is 10.0 Å². The Hall–Kier alpha value is -3.56. The molecule has 1 heterocycles. The molecule has 0 spiro atoms. The standard InChI is InChI=1S/C23H18N2O5S2/c1-16-11-13-18(14-12-16)32(29,30)25-24-15-21-22(17-7-3-2-4-8-17)23(26)19-9-5-6-10-20(19)31(21,27)28/h2-15,25H,1H3/b24-15+. The van der Waals surface area contributed by atoms with Gasteiger partial charge in [-0.15, -0.1) is 0 Å². The summed E-state index contributed by atoms with van der Waals surface area (Å²) in [7, 11) is -8.15. The molecule has 0 saturated carbocycles. The second kappa shape index (κ2) is 8.18. The first kappa shape index (κ1) is 21.7. The van der Waals surface area contributed by atoms with Crippen LogP contribution in [0.25, 0.3) is 5.57 Å². The summed E-state index contributed by atoms with van der Waals surface area (Å²) in [6.07, 6.45) is 0.872. The number of hydrogen-bond acceptors (Lipinski definition) is 6. The van der Waals surface area contributed by atoms with Crippen LogP contribution in [-0.4, -0.2) is 28.8 Å². The van der Waals surface area contributed by atoms with E-state index < -0.39 is 25.6 Å². The Morgan fingerprint density at radius 2 is 1.50 bits per heavy atom. The van der Waals surface area contributed by atoms with Gasteiger partial charge < -0.3 is 0 Å². The number of sulfonamides is 1. The third-order valence-electron chi connectivity index (χ3n) is 4.93. The van der Waals surface area contributed by atoms with Gasteiger partial charge in [0.2, 0.25) is 9.84 Å². The molecule has 0 atom stereocenters. The van der Waals surface area contributed by atoms with E-state index in [2.05, 4.69) is 5.10 Å². The first-order chi connectivity index (χ1) is 15.2. The maximum absolute atomic E-state index is 13.3. The van der Waals surface area contributed by atoms with Crippen molar-refractivity contribution in [1.29, 1.82) is 0 Å². The highest BCUT2D eigenvalue weighted by atomic mass is 32.2. The molecule has 7 nitrogen and oxygen atoms in total. The maximum atomic E-state index is 13.3. The predicted molar refractivity (Wildman–Crippen MR) is 121 cm³/mol. The van der Waals surface area contributed by atoms with E-state index in [0.29, 0.717) is 5.56 Å². The van der Waals surface area contributed by atoms with Crippen molar-refractivity contribution in [3.8, 4) is 0 Å². The van der Waals surface area contributed by atoms with Crippen LogP contribution in [0.2, 0.25) is 0 Å². The summed E-state index contributed by atoms with van der Waals surface area (Å²) in [4.78, 5) is 14.7. The number of sulfone groups is 1. The molecule has 0 saturated heterocycles. The minimum atomic E-state index is -4.13. The lowest BCUT2D eigenvalue weighted by Gasteiger charge is -2.20. The predicted octanol–water partition coefficient (Wildman–Crippen LogP) is 3.34. The van der Waals surface area contributed by atoms with Crippen LogP contribution in [0.4, 0.5) is 0 Å². The highest BCUT2D eigenvalue weighted by Gasteiger charge is 2.36. The molecule has 1 aliphatic heterocycles. The smallest absolute Gasteiger partial charge is 0.276 e. The zero-order valence-corrected chi connectivity index (χ0v) is 18.5. The molecule has 0 aromatic heterocycles. The number of rotatable bonds is 5. The van der Waals surface area contributed by atoms with Gasteiger partial charge in [-0.2, -0.15) is 13.5 Å². The minimum absolute atomic E-state index is 0.0227. The second-order valence-electron chi connectivity index (χ2n) is 7.10. The van der Waals surface area contributed by atoms with Gasteiger partial charge in [0.05, 0.1) is 21.6 Å². The lowest BCUT2D eigenvalue weighted by Crippen LogP contribution is -2.24. The minimum Gasteiger partial charge on any atom is -0.288 e. The van der Waals surface area contributed by atoms with Crippen LogP contribution in [-0.2, 0) is 19.9 Å². The fourth-order valence-electron chi connectivity index (χ4n) is 3.32. The van der Waals surface area contributed by atoms with Gasteiger partial charge in [-0.05, 0) is 36.8 Å². The Morgan fingerprint density at radius 1 is 0.875 bits per heavy atom. The van der Waals surface area contributed by atoms with Crippen molar-refractivity contribution in [2.24, 2.45) is 5.10 Å². The second-order valence-corrected chi connectivity index (χ2v) is 10.6. The lowest BCUT2D eigenvalue weighted by atomic mass is 9.96. The molecule has 1 N–H and O–H groups in total. The number of Topliss-reactive ketones (excluding diaryl/α,β-unsaturated/α-hetero) is 1. The molecular weight excluding hydrogens is 448 g/mol. The fourth-order valence-corrected chi connectivity index (χ4v) is 5.73. The van der Waals surface area contributed by atoms with Crippen molar-refractivity contribution in [3.63, 3.8) is 0 Å². The summed E-state index contributed by atoms with van der Waals surface area (Å²) in [5.74, 6) is -0.482. The van der Waals surface area contributed by atoms with E-state index in [1.54, 1.807) is 48.5 Å². The van der Waals surface area contributed by atoms with Gasteiger partial charge in [-0.3, -0.25) is 4.79 Å². The van der Waals surface area contributed by atoms with Crippen LogP contribution in [0.15, 0.2) is 98.7 Å². The summed E-state index contributed by atoms with van der Waals surface area (Å²) in [6.45, 7) is 1.82. The summed E-state index contributed by atoms with van der Waals surface area (Å²) in [6, 6.07) is 20.3. The van der Waals surface area contributed by atoms with Crippen molar-refractivity contribution in [1.82, 2.24) is 4.83 Å². The van der Waals surface area contributed by atoms with Gasteiger partial charge in [-0.1, -0.05) is 60.2 Å². The number of carbonyl (C=O) groups is 1. The number of nitrogens with one attached hydrogen (secondary N) is 1. The largest absolute Gasteiger partial charge is 0.288 e. The summed E-state index contributed by atoms with van der Waals surface area (Å²) < 4.78 is 51.6. The normalized spacial score (nSPS) is 15.6. The first-order valence-electron chi connectivity index (χ1n) is 9.52. The highest BCUT2D eigenvalue weighted by Crippen LogP contribution is 2.36. The Morgan fingerprint density at radius 3 is 2.19 bits per heavy atom. The molecule has 4 rings (SSSR count). The zero-order valence-electron chi connectivity index (χ0n) is 16.9. The lowest BCUT2D eigenvalue weighted by molar-refractivity contribution is 0.105. The Bertz CT molecular complexity index is 1470. The molecule has 9 heteroatoms. The van der Waals surface area contributed by atoms with Gasteiger partial charge in [-0.25, -0.2) is 13.2 Å². The average molecular weight is 467 g/mol. The topological polar surface area (TPSA) is 110 Å². The van der Waals surface area contributed by atoms with Crippen LogP contribution < -0.4 is 4.83 Å². The monoisotopic (exact) mass is 466 g/mol. The molecule has 0 unspecified atom stereocenters. The maximum Gasteiger partial charge on any atom is 0.276 e. The van der Waals surface area contributed by atoms with Gasteiger partial charge in [0, 0.05) is 5.56 Å². The van der Waals surface area contributed by atoms with E-state index in [1.165, 1.54) is 30.3 Å². The summed E-state index contributed by atoms with van der Waals surface area (Å²) in [5.41, 5.74) is 1.26. The van der Waals surface area contributed by atoms with Crippen molar-refractivity contribution >= 4 is 37.4 Å². The van der Waals surface area contributed by atoms with E-state index in [1.807, 2.05) is 11.8 Å². The van der Waals surface area contributed by atoms with E-state index in [9.17, 15) is 21.6 Å². The summed E-state index contributed by atoms with van der Waals surface area (Å²) in [5, 5.41) is 3.69. The molecule has 1 aliphatic rings. The van der Waals surface area contributed by atoms with Crippen molar-refractivity contribution in [2.45, 2.75) is 16.7 Å². The molecule has 0 bridgehead atoms. The molecule has 0 amide bonds. The SMILES string of the molecule is Cc1ccc(S(=O)(=O)N/N=C/C2=C(c3ccccc3)C(=O)c3ccccc3S2(=O)=O)cc1. The molecule has 162 valence electrons. The molecule has 32 heavy (non-hydrogen) atoms. The van der Waals surface area contributed by atoms with Crippen LogP contribution in [0, 0.1) is 6.92 Å². The average Bonchev–Trinajstić information content (AvgIpc) is 2.78. The zero-order chi connectivity index (χ0) is 22.9. The van der Waals surface area contributed by atoms with Gasteiger partial charge >= 0.3 is 0 Å². The fraction of sp³-hybridized carbons (Fsp3) is 0.0435.